The number of aromatic nitrogens is 4. The monoisotopic (exact) mass is 493 g/mol. The lowest BCUT2D eigenvalue weighted by Crippen LogP contribution is -2.31. The van der Waals surface area contributed by atoms with Crippen LogP contribution < -0.4 is 5.32 Å². The second-order valence-electron chi connectivity index (χ2n) is 7.46. The van der Waals surface area contributed by atoms with E-state index in [2.05, 4.69) is 29.6 Å². The molecule has 2 aromatic heterocycles. The fourth-order valence-corrected chi connectivity index (χ4v) is 5.59. The summed E-state index contributed by atoms with van der Waals surface area (Å²) in [4.78, 5) is 22.7. The highest BCUT2D eigenvalue weighted by Gasteiger charge is 2.58. The van der Waals surface area contributed by atoms with Crippen LogP contribution in [0.4, 0.5) is 5.82 Å². The number of phosphoric ester groups is 1. The number of hydrogen-bond acceptors (Lipinski definition) is 14. The topological polar surface area (TPSA) is 189 Å². The molecule has 1 unspecified atom stereocenters. The first-order valence-corrected chi connectivity index (χ1v) is 11.9. The van der Waals surface area contributed by atoms with Crippen LogP contribution in [0.15, 0.2) is 12.7 Å². The van der Waals surface area contributed by atoms with E-state index in [0.717, 1.165) is 19.3 Å². The van der Waals surface area contributed by atoms with E-state index in [4.69, 9.17) is 23.2 Å². The van der Waals surface area contributed by atoms with E-state index < -0.39 is 38.5 Å². The van der Waals surface area contributed by atoms with Crippen molar-refractivity contribution in [2.45, 2.75) is 55.9 Å². The average Bonchev–Trinajstić information content (AvgIpc) is 3.50. The van der Waals surface area contributed by atoms with Crippen molar-refractivity contribution in [2.75, 3.05) is 11.9 Å². The molecule has 0 aromatic carbocycles. The van der Waals surface area contributed by atoms with Gasteiger partial charge in [-0.05, 0) is 19.3 Å². The van der Waals surface area contributed by atoms with Crippen LogP contribution in [0.2, 0.25) is 0 Å². The number of imidazole rings is 1. The van der Waals surface area contributed by atoms with Gasteiger partial charge in [-0.2, -0.15) is 0 Å². The zero-order chi connectivity index (χ0) is 22.3. The van der Waals surface area contributed by atoms with Crippen molar-refractivity contribution < 1.29 is 47.2 Å². The number of rotatable bonds is 8. The van der Waals surface area contributed by atoms with Crippen LogP contribution in [0.3, 0.4) is 0 Å². The Balaban J connectivity index is 1.40. The number of nitrogens with one attached hydrogen (secondary N) is 1. The standard InChI is InChI=1S/C15H20N5O10PS/c21-8-3-1-2-7(8)19-13-10-14(17-5-16-13)20(6-18-10)15-12-11(27-31(23,24)28-12)9(26-15)4-25-32-30-29-22/h5-9,11-12,15,21-22H,1-4H2,(H,23,24)(H,16,17,19)/t7-,8-,9+,11+,12+,15+/m0/s1. The summed E-state index contributed by atoms with van der Waals surface area (Å²) in [6, 6.07) is -0.138. The van der Waals surface area contributed by atoms with E-state index in [1.54, 1.807) is 4.57 Å². The van der Waals surface area contributed by atoms with E-state index in [1.807, 2.05) is 0 Å². The molecule has 3 fully saturated rings. The lowest BCUT2D eigenvalue weighted by Gasteiger charge is -2.19. The zero-order valence-electron chi connectivity index (χ0n) is 16.3. The molecule has 1 saturated carbocycles. The van der Waals surface area contributed by atoms with Crippen LogP contribution in [-0.4, -0.2) is 71.8 Å². The molecular formula is C15H20N5O10PS. The van der Waals surface area contributed by atoms with Gasteiger partial charge in [0.05, 0.1) is 25.1 Å². The maximum atomic E-state index is 12.1. The lowest BCUT2D eigenvalue weighted by atomic mass is 10.1. The predicted molar refractivity (Wildman–Crippen MR) is 104 cm³/mol. The first kappa shape index (κ1) is 22.4. The number of ether oxygens (including phenoxy) is 1. The zero-order valence-corrected chi connectivity index (χ0v) is 18.0. The van der Waals surface area contributed by atoms with Crippen molar-refractivity contribution in [3.05, 3.63) is 12.7 Å². The minimum absolute atomic E-state index is 0.136. The quantitative estimate of drug-likeness (QED) is 0.133. The molecule has 4 N–H and O–H groups in total. The van der Waals surface area contributed by atoms with Crippen LogP contribution >= 0.6 is 20.1 Å². The van der Waals surface area contributed by atoms with Gasteiger partial charge >= 0.3 is 7.82 Å². The normalized spacial score (nSPS) is 36.7. The minimum atomic E-state index is -4.28. The number of anilines is 1. The summed E-state index contributed by atoms with van der Waals surface area (Å²) in [5.74, 6) is 0.461. The number of aliphatic hydroxyl groups excluding tert-OH is 1. The van der Waals surface area contributed by atoms with Gasteiger partial charge in [-0.15, -0.1) is 4.33 Å². The summed E-state index contributed by atoms with van der Waals surface area (Å²) >= 11 is 0.344. The Hall–Kier alpha value is -1.43. The maximum Gasteiger partial charge on any atom is 0.473 e. The van der Waals surface area contributed by atoms with Crippen molar-refractivity contribution in [1.82, 2.24) is 19.5 Å². The molecule has 3 aliphatic rings. The summed E-state index contributed by atoms with van der Waals surface area (Å²) in [7, 11) is -4.28. The SMILES string of the molecule is O=P1(O)O[C@@H]2[C@H](O1)[C@@H](COSOOO)O[C@H]2n1cnc2c(N[C@H]3CCC[C@@H]3O)ncnc21. The predicted octanol–water partition coefficient (Wildman–Crippen LogP) is 0.934. The third-order valence-corrected chi connectivity index (χ3v) is 6.94. The molecule has 5 rings (SSSR count). The summed E-state index contributed by atoms with van der Waals surface area (Å²) in [6.07, 6.45) is 1.20. The molecule has 15 nitrogen and oxygen atoms in total. The fraction of sp³-hybridized carbons (Fsp3) is 0.667. The third-order valence-electron chi connectivity index (χ3n) is 5.57. The number of hydrogen-bond donors (Lipinski definition) is 4. The molecule has 0 bridgehead atoms. The molecule has 2 saturated heterocycles. The van der Waals surface area contributed by atoms with Gasteiger partial charge in [0.25, 0.3) is 0 Å². The highest BCUT2D eigenvalue weighted by molar-refractivity contribution is 7.89. The molecule has 0 radical (unpaired) electrons. The summed E-state index contributed by atoms with van der Waals surface area (Å²) in [5, 5.41) is 24.9. The Morgan fingerprint density at radius 3 is 2.91 bits per heavy atom. The number of phosphoric acid groups is 1. The van der Waals surface area contributed by atoms with Crippen molar-refractivity contribution in [2.24, 2.45) is 0 Å². The largest absolute Gasteiger partial charge is 0.473 e. The average molecular weight is 493 g/mol. The van der Waals surface area contributed by atoms with Gasteiger partial charge in [-0.1, -0.05) is 5.04 Å². The summed E-state index contributed by atoms with van der Waals surface area (Å²) in [5.41, 5.74) is 0.844. The maximum absolute atomic E-state index is 12.1. The van der Waals surface area contributed by atoms with E-state index in [9.17, 15) is 14.6 Å². The smallest absolute Gasteiger partial charge is 0.391 e. The highest BCUT2D eigenvalue weighted by atomic mass is 32.2. The van der Waals surface area contributed by atoms with Crippen LogP contribution in [0.1, 0.15) is 25.5 Å². The molecule has 4 heterocycles. The Morgan fingerprint density at radius 1 is 1.28 bits per heavy atom. The molecule has 2 aromatic rings. The van der Waals surface area contributed by atoms with E-state index in [1.165, 1.54) is 12.7 Å². The second kappa shape index (κ2) is 9.08. The molecule has 2 aliphatic heterocycles. The summed E-state index contributed by atoms with van der Waals surface area (Å²) < 4.78 is 39.2. The minimum Gasteiger partial charge on any atom is -0.391 e. The first-order valence-electron chi connectivity index (χ1n) is 9.70. The van der Waals surface area contributed by atoms with Gasteiger partial charge in [0.1, 0.15) is 24.6 Å². The third kappa shape index (κ3) is 4.24. The van der Waals surface area contributed by atoms with Gasteiger partial charge in [0.15, 0.2) is 35.5 Å². The van der Waals surface area contributed by atoms with Gasteiger partial charge in [-0.25, -0.2) is 24.8 Å². The van der Waals surface area contributed by atoms with Crippen LogP contribution in [0.5, 0.6) is 0 Å². The fourth-order valence-electron chi connectivity index (χ4n) is 4.19. The van der Waals surface area contributed by atoms with Gasteiger partial charge < -0.3 is 20.1 Å². The molecule has 176 valence electrons. The number of nitrogens with zero attached hydrogens (tertiary/aromatic N) is 4. The molecule has 7 atom stereocenters. The molecule has 17 heteroatoms. The Labute approximate surface area is 184 Å². The van der Waals surface area contributed by atoms with Crippen LogP contribution in [0.25, 0.3) is 11.2 Å². The van der Waals surface area contributed by atoms with E-state index in [-0.39, 0.29) is 12.6 Å². The van der Waals surface area contributed by atoms with Gasteiger partial charge in [0.2, 0.25) is 0 Å². The second-order valence-corrected chi connectivity index (χ2v) is 9.33. The van der Waals surface area contributed by atoms with Crippen molar-refractivity contribution in [3.63, 3.8) is 0 Å². The Bertz CT molecular complexity index is 1010. The highest BCUT2D eigenvalue weighted by Crippen LogP contribution is 2.58. The number of aliphatic hydroxyl groups is 1. The summed E-state index contributed by atoms with van der Waals surface area (Å²) in [6.45, 7) is -0.136. The molecule has 0 spiro atoms. The first-order chi connectivity index (χ1) is 15.5. The van der Waals surface area contributed by atoms with Crippen molar-refractivity contribution in [1.29, 1.82) is 0 Å². The van der Waals surface area contributed by atoms with Gasteiger partial charge in [-0.3, -0.25) is 17.8 Å². The van der Waals surface area contributed by atoms with Crippen LogP contribution in [-0.2, 0) is 31.9 Å². The van der Waals surface area contributed by atoms with Crippen LogP contribution in [0, 0.1) is 0 Å². The van der Waals surface area contributed by atoms with Crippen molar-refractivity contribution >= 4 is 37.1 Å². The molecular weight excluding hydrogens is 473 g/mol. The Morgan fingerprint density at radius 2 is 2.12 bits per heavy atom. The Kier molecular flexibility index (Phi) is 6.34. The van der Waals surface area contributed by atoms with E-state index in [0.29, 0.717) is 29.3 Å². The lowest BCUT2D eigenvalue weighted by molar-refractivity contribution is -0.434. The van der Waals surface area contributed by atoms with Gasteiger partial charge in [0, 0.05) is 0 Å². The molecule has 32 heavy (non-hydrogen) atoms. The van der Waals surface area contributed by atoms with Crippen molar-refractivity contribution in [3.8, 4) is 0 Å². The molecule has 1 aliphatic carbocycles. The van der Waals surface area contributed by atoms with E-state index >= 15 is 0 Å². The molecule has 0 amide bonds. The number of fused-ring (bicyclic) bond motifs is 2.